The maximum absolute atomic E-state index is 6.40. The highest BCUT2D eigenvalue weighted by atomic mass is 15.4. The summed E-state index contributed by atoms with van der Waals surface area (Å²) in [6.07, 6.45) is 0. The van der Waals surface area contributed by atoms with Gasteiger partial charge in [-0.15, -0.1) is 0 Å². The summed E-state index contributed by atoms with van der Waals surface area (Å²) in [6, 6.07) is 42.0. The summed E-state index contributed by atoms with van der Waals surface area (Å²) >= 11 is 0. The molecule has 0 saturated heterocycles. The van der Waals surface area contributed by atoms with Gasteiger partial charge >= 0.3 is 0 Å². The first kappa shape index (κ1) is 18.2. The molecular formula is C28H22N2. The molecule has 0 spiro atoms. The average molecular weight is 386 g/mol. The Morgan fingerprint density at radius 1 is 0.400 bits per heavy atom. The van der Waals surface area contributed by atoms with Crippen LogP contribution in [0.15, 0.2) is 121 Å². The van der Waals surface area contributed by atoms with Crippen LogP contribution in [0.25, 0.3) is 33.0 Å². The second-order valence-electron chi connectivity index (χ2n) is 7.39. The standard InChI is InChI=1S/C28H22N2/c29-30(27-16-12-23(13-17-27)21-6-2-1-3-7-21)28-18-14-24(15-19-28)26-11-10-22-8-4-5-9-25(22)20-26/h1-20H,29H2. The van der Waals surface area contributed by atoms with Crippen molar-refractivity contribution in [2.45, 2.75) is 0 Å². The molecule has 30 heavy (non-hydrogen) atoms. The summed E-state index contributed by atoms with van der Waals surface area (Å²) in [5.74, 6) is 6.40. The van der Waals surface area contributed by atoms with Gasteiger partial charge in [-0.25, -0.2) is 5.84 Å². The van der Waals surface area contributed by atoms with E-state index in [1.165, 1.54) is 33.0 Å². The molecule has 2 N–H and O–H groups in total. The maximum atomic E-state index is 6.40. The summed E-state index contributed by atoms with van der Waals surface area (Å²) in [7, 11) is 0. The molecule has 0 aliphatic carbocycles. The molecule has 0 aliphatic rings. The van der Waals surface area contributed by atoms with Crippen molar-refractivity contribution in [2.24, 2.45) is 5.84 Å². The Balaban J connectivity index is 1.38. The van der Waals surface area contributed by atoms with Crippen molar-refractivity contribution in [3.8, 4) is 22.3 Å². The van der Waals surface area contributed by atoms with Gasteiger partial charge in [0.15, 0.2) is 0 Å². The highest BCUT2D eigenvalue weighted by molar-refractivity contribution is 5.87. The highest BCUT2D eigenvalue weighted by Gasteiger charge is 2.07. The van der Waals surface area contributed by atoms with Gasteiger partial charge in [0, 0.05) is 0 Å². The van der Waals surface area contributed by atoms with E-state index in [1.807, 2.05) is 6.07 Å². The molecular weight excluding hydrogens is 364 g/mol. The van der Waals surface area contributed by atoms with Crippen molar-refractivity contribution >= 4 is 22.1 Å². The summed E-state index contributed by atoms with van der Waals surface area (Å²) in [5, 5.41) is 4.22. The molecule has 2 nitrogen and oxygen atoms in total. The maximum Gasteiger partial charge on any atom is 0.0575 e. The Labute approximate surface area is 176 Å². The lowest BCUT2D eigenvalue weighted by atomic mass is 10.0. The minimum atomic E-state index is 0.951. The molecule has 5 rings (SSSR count). The van der Waals surface area contributed by atoms with E-state index < -0.39 is 0 Å². The van der Waals surface area contributed by atoms with Crippen LogP contribution in [0.1, 0.15) is 0 Å². The third-order valence-corrected chi connectivity index (χ3v) is 5.48. The third kappa shape index (κ3) is 3.57. The Kier molecular flexibility index (Phi) is 4.76. The SMILES string of the molecule is NN(c1ccc(-c2ccccc2)cc1)c1ccc(-c2ccc3ccccc3c2)cc1. The lowest BCUT2D eigenvalue weighted by Crippen LogP contribution is -2.24. The number of fused-ring (bicyclic) bond motifs is 1. The summed E-state index contributed by atoms with van der Waals surface area (Å²) in [5.41, 5.74) is 6.67. The van der Waals surface area contributed by atoms with Gasteiger partial charge in [0.25, 0.3) is 0 Å². The molecule has 0 atom stereocenters. The molecule has 144 valence electrons. The Hall–Kier alpha value is -3.88. The van der Waals surface area contributed by atoms with Crippen LogP contribution >= 0.6 is 0 Å². The van der Waals surface area contributed by atoms with Gasteiger partial charge in [0.2, 0.25) is 0 Å². The fourth-order valence-corrected chi connectivity index (χ4v) is 3.78. The Morgan fingerprint density at radius 3 is 1.50 bits per heavy atom. The minimum Gasteiger partial charge on any atom is -0.280 e. The van der Waals surface area contributed by atoms with Gasteiger partial charge in [-0.1, -0.05) is 91.0 Å². The zero-order valence-electron chi connectivity index (χ0n) is 16.6. The third-order valence-electron chi connectivity index (χ3n) is 5.48. The Bertz CT molecular complexity index is 1270. The monoisotopic (exact) mass is 386 g/mol. The fraction of sp³-hybridized carbons (Fsp3) is 0. The zero-order valence-corrected chi connectivity index (χ0v) is 16.6. The van der Waals surface area contributed by atoms with Gasteiger partial charge in [0.05, 0.1) is 11.4 Å². The van der Waals surface area contributed by atoms with Crippen molar-refractivity contribution in [1.29, 1.82) is 0 Å². The van der Waals surface area contributed by atoms with Gasteiger partial charge < -0.3 is 0 Å². The van der Waals surface area contributed by atoms with Gasteiger partial charge in [-0.05, 0) is 63.4 Å². The van der Waals surface area contributed by atoms with E-state index in [0.717, 1.165) is 11.4 Å². The number of hydrazine groups is 1. The lowest BCUT2D eigenvalue weighted by Gasteiger charge is -2.19. The number of hydrogen-bond donors (Lipinski definition) is 1. The molecule has 5 aromatic rings. The summed E-state index contributed by atoms with van der Waals surface area (Å²) in [6.45, 7) is 0. The summed E-state index contributed by atoms with van der Waals surface area (Å²) in [4.78, 5) is 0. The van der Waals surface area contributed by atoms with Gasteiger partial charge in [0.1, 0.15) is 0 Å². The fourth-order valence-electron chi connectivity index (χ4n) is 3.78. The molecule has 2 heteroatoms. The van der Waals surface area contributed by atoms with Crippen molar-refractivity contribution < 1.29 is 0 Å². The predicted molar refractivity (Wildman–Crippen MR) is 128 cm³/mol. The first-order valence-electron chi connectivity index (χ1n) is 10.1. The topological polar surface area (TPSA) is 29.3 Å². The van der Waals surface area contributed by atoms with E-state index in [1.54, 1.807) is 5.01 Å². The predicted octanol–water partition coefficient (Wildman–Crippen LogP) is 7.19. The molecule has 0 unspecified atom stereocenters. The molecule has 5 aromatic carbocycles. The molecule has 0 radical (unpaired) electrons. The van der Waals surface area contributed by atoms with Gasteiger partial charge in [-0.2, -0.15) is 0 Å². The Morgan fingerprint density at radius 2 is 0.867 bits per heavy atom. The van der Waals surface area contributed by atoms with Crippen LogP contribution in [0, 0.1) is 0 Å². The first-order valence-corrected chi connectivity index (χ1v) is 10.1. The number of rotatable bonds is 4. The highest BCUT2D eigenvalue weighted by Crippen LogP contribution is 2.29. The summed E-state index contributed by atoms with van der Waals surface area (Å²) < 4.78 is 0. The van der Waals surface area contributed by atoms with Crippen molar-refractivity contribution in [3.05, 3.63) is 121 Å². The molecule has 0 saturated carbocycles. The van der Waals surface area contributed by atoms with Crippen LogP contribution < -0.4 is 10.9 Å². The quantitative estimate of drug-likeness (QED) is 0.262. The second-order valence-corrected chi connectivity index (χ2v) is 7.39. The normalized spacial score (nSPS) is 10.8. The van der Waals surface area contributed by atoms with Crippen LogP contribution in [0.5, 0.6) is 0 Å². The van der Waals surface area contributed by atoms with E-state index in [4.69, 9.17) is 5.84 Å². The number of nitrogens with zero attached hydrogens (tertiary/aromatic N) is 1. The number of hydrogen-bond acceptors (Lipinski definition) is 2. The zero-order chi connectivity index (χ0) is 20.3. The minimum absolute atomic E-state index is 0.951. The molecule has 0 fully saturated rings. The largest absolute Gasteiger partial charge is 0.280 e. The van der Waals surface area contributed by atoms with E-state index in [-0.39, 0.29) is 0 Å². The average Bonchev–Trinajstić information content (AvgIpc) is 2.84. The molecule has 0 heterocycles. The van der Waals surface area contributed by atoms with Crippen LogP contribution in [0.2, 0.25) is 0 Å². The van der Waals surface area contributed by atoms with Crippen LogP contribution in [-0.4, -0.2) is 0 Å². The molecule has 0 bridgehead atoms. The molecule has 0 aromatic heterocycles. The van der Waals surface area contributed by atoms with E-state index in [2.05, 4.69) is 115 Å². The molecule has 0 amide bonds. The van der Waals surface area contributed by atoms with Crippen molar-refractivity contribution in [3.63, 3.8) is 0 Å². The number of nitrogens with two attached hydrogens (primary N) is 1. The van der Waals surface area contributed by atoms with E-state index in [9.17, 15) is 0 Å². The lowest BCUT2D eigenvalue weighted by molar-refractivity contribution is 1.09. The molecule has 0 aliphatic heterocycles. The van der Waals surface area contributed by atoms with E-state index >= 15 is 0 Å². The van der Waals surface area contributed by atoms with Crippen LogP contribution in [0.3, 0.4) is 0 Å². The smallest absolute Gasteiger partial charge is 0.0575 e. The number of benzene rings is 5. The van der Waals surface area contributed by atoms with Crippen LogP contribution in [-0.2, 0) is 0 Å². The van der Waals surface area contributed by atoms with Crippen molar-refractivity contribution in [1.82, 2.24) is 0 Å². The van der Waals surface area contributed by atoms with E-state index in [0.29, 0.717) is 0 Å². The van der Waals surface area contributed by atoms with Crippen LogP contribution in [0.4, 0.5) is 11.4 Å². The number of anilines is 2. The van der Waals surface area contributed by atoms with Crippen molar-refractivity contribution in [2.75, 3.05) is 5.01 Å². The second kappa shape index (κ2) is 7.86. The van der Waals surface area contributed by atoms with Gasteiger partial charge in [-0.3, -0.25) is 5.01 Å². The first-order chi connectivity index (χ1) is 14.8.